The number of piperazine rings is 1. The zero-order valence-corrected chi connectivity index (χ0v) is 27.5. The number of pyridine rings is 1. The van der Waals surface area contributed by atoms with Crippen molar-refractivity contribution in [3.63, 3.8) is 0 Å². The Morgan fingerprint density at radius 3 is 2.10 bits per heavy atom. The Morgan fingerprint density at radius 1 is 0.976 bits per heavy atom. The quantitative estimate of drug-likeness (QED) is 0.318. The Labute approximate surface area is 258 Å². The van der Waals surface area contributed by atoms with E-state index in [0.29, 0.717) is 72.2 Å². The molecule has 3 aromatic rings. The van der Waals surface area contributed by atoms with Crippen LogP contribution in [0.5, 0.6) is 11.5 Å². The van der Waals surface area contributed by atoms with Crippen LogP contribution in [0, 0.1) is 0 Å². The number of methoxy groups -OCH3 is 2. The van der Waals surface area contributed by atoms with E-state index in [0.717, 1.165) is 19.6 Å². The van der Waals surface area contributed by atoms with Gasteiger partial charge >= 0.3 is 0 Å². The highest BCUT2D eigenvalue weighted by atomic mass is 35.5. The summed E-state index contributed by atoms with van der Waals surface area (Å²) in [4.78, 5) is 38.8. The largest absolute Gasteiger partial charge is 0.495 e. The molecule has 0 aliphatic carbocycles. The highest BCUT2D eigenvalue weighted by Gasteiger charge is 2.24. The number of hydrogen-bond donors (Lipinski definition) is 1. The van der Waals surface area contributed by atoms with Crippen molar-refractivity contribution in [2.75, 3.05) is 58.8 Å². The molecule has 12 heteroatoms. The van der Waals surface area contributed by atoms with E-state index in [1.807, 2.05) is 39.5 Å². The lowest BCUT2D eigenvalue weighted by Gasteiger charge is -2.34. The molecule has 1 saturated heterocycles. The molecule has 0 spiro atoms. The average molecular weight is 624 g/mol. The standard InChI is InChI=1S/C26H32Cl2N6O4.2C2H6/c1-5-29-26-30-15-17-13-18(21-22(27)19(37-3)14-20(38-4)23(21)28)25(36)34(24(17)31-26)8-6-7-32-9-11-33(12-10-32)16(2)35;2*1-2/h13-15H,5-12H2,1-4H3,(H,29,30,31);2*1-2H3. The molecule has 4 rings (SSSR count). The first-order chi connectivity index (χ1) is 20.3. The number of halogens is 2. The maximum absolute atomic E-state index is 14.0. The van der Waals surface area contributed by atoms with E-state index < -0.39 is 0 Å². The molecule has 1 N–H and O–H groups in total. The number of ether oxygens (including phenoxy) is 2. The molecule has 1 aliphatic rings. The summed E-state index contributed by atoms with van der Waals surface area (Å²) in [5.41, 5.74) is 0.883. The molecule has 0 saturated carbocycles. The van der Waals surface area contributed by atoms with Crippen LogP contribution in [0.3, 0.4) is 0 Å². The number of nitrogens with one attached hydrogen (secondary N) is 1. The number of carbonyl (C=O) groups is 1. The van der Waals surface area contributed by atoms with Crippen molar-refractivity contribution < 1.29 is 14.3 Å². The van der Waals surface area contributed by atoms with Crippen molar-refractivity contribution >= 4 is 46.1 Å². The Morgan fingerprint density at radius 2 is 1.57 bits per heavy atom. The molecule has 232 valence electrons. The van der Waals surface area contributed by atoms with Crippen LogP contribution in [-0.4, -0.2) is 83.7 Å². The molecule has 0 radical (unpaired) electrons. The van der Waals surface area contributed by atoms with Crippen molar-refractivity contribution in [2.45, 2.75) is 54.5 Å². The zero-order chi connectivity index (χ0) is 31.4. The minimum atomic E-state index is -0.279. The molecule has 0 unspecified atom stereocenters. The second kappa shape index (κ2) is 17.1. The van der Waals surface area contributed by atoms with Crippen LogP contribution in [0.4, 0.5) is 5.95 Å². The molecular weight excluding hydrogens is 579 g/mol. The molecule has 42 heavy (non-hydrogen) atoms. The molecule has 0 bridgehead atoms. The van der Waals surface area contributed by atoms with Crippen LogP contribution < -0.4 is 20.3 Å². The minimum absolute atomic E-state index is 0.0992. The highest BCUT2D eigenvalue weighted by molar-refractivity contribution is 6.41. The summed E-state index contributed by atoms with van der Waals surface area (Å²) in [5.74, 6) is 1.23. The number of anilines is 1. The first kappa shape index (κ1) is 35.1. The first-order valence-corrected chi connectivity index (χ1v) is 15.3. The summed E-state index contributed by atoms with van der Waals surface area (Å²) in [6, 6.07) is 3.29. The van der Waals surface area contributed by atoms with E-state index >= 15 is 0 Å². The third-order valence-corrected chi connectivity index (χ3v) is 7.43. The average Bonchev–Trinajstić information content (AvgIpc) is 3.01. The van der Waals surface area contributed by atoms with E-state index in [1.165, 1.54) is 14.2 Å². The fourth-order valence-electron chi connectivity index (χ4n) is 4.65. The monoisotopic (exact) mass is 622 g/mol. The predicted molar refractivity (Wildman–Crippen MR) is 173 cm³/mol. The molecule has 2 aromatic heterocycles. The fourth-order valence-corrected chi connectivity index (χ4v) is 5.35. The van der Waals surface area contributed by atoms with Crippen LogP contribution >= 0.6 is 23.2 Å². The van der Waals surface area contributed by atoms with Gasteiger partial charge in [-0.1, -0.05) is 50.9 Å². The van der Waals surface area contributed by atoms with Crippen LogP contribution in [-0.2, 0) is 11.3 Å². The smallest absolute Gasteiger partial charge is 0.260 e. The van der Waals surface area contributed by atoms with Crippen molar-refractivity contribution in [3.8, 4) is 22.6 Å². The number of amides is 1. The number of carbonyl (C=O) groups excluding carboxylic acids is 1. The second-order valence-corrected chi connectivity index (χ2v) is 9.76. The lowest BCUT2D eigenvalue weighted by atomic mass is 10.0. The fraction of sp³-hybridized carbons (Fsp3) is 0.533. The van der Waals surface area contributed by atoms with Crippen LogP contribution in [0.1, 0.15) is 48.0 Å². The predicted octanol–water partition coefficient (Wildman–Crippen LogP) is 5.82. The minimum Gasteiger partial charge on any atom is -0.495 e. The molecule has 1 aromatic carbocycles. The Hall–Kier alpha value is -3.08. The molecular formula is C30H44Cl2N6O4. The molecule has 1 fully saturated rings. The summed E-state index contributed by atoms with van der Waals surface area (Å²) in [5, 5.41) is 4.22. The Balaban J connectivity index is 0.00000148. The summed E-state index contributed by atoms with van der Waals surface area (Å²) in [6.07, 6.45) is 2.39. The maximum Gasteiger partial charge on any atom is 0.260 e. The number of fused-ring (bicyclic) bond motifs is 1. The summed E-state index contributed by atoms with van der Waals surface area (Å²) in [6.45, 7) is 16.4. The van der Waals surface area contributed by atoms with Gasteiger partial charge < -0.3 is 19.7 Å². The van der Waals surface area contributed by atoms with Crippen LogP contribution in [0.15, 0.2) is 23.1 Å². The third-order valence-electron chi connectivity index (χ3n) is 6.68. The SMILES string of the molecule is CC.CC.CCNc1ncc2cc(-c3c(Cl)c(OC)cc(OC)c3Cl)c(=O)n(CCCN3CCN(C(C)=O)CC3)c2n1. The van der Waals surface area contributed by atoms with Gasteiger partial charge in [0.05, 0.1) is 29.8 Å². The van der Waals surface area contributed by atoms with Gasteiger partial charge in [0.25, 0.3) is 5.56 Å². The lowest BCUT2D eigenvalue weighted by molar-refractivity contribution is -0.130. The van der Waals surface area contributed by atoms with Crippen LogP contribution in [0.2, 0.25) is 10.0 Å². The maximum atomic E-state index is 14.0. The number of nitrogens with zero attached hydrogens (tertiary/aromatic N) is 5. The summed E-state index contributed by atoms with van der Waals surface area (Å²) < 4.78 is 12.5. The number of aromatic nitrogens is 3. The van der Waals surface area contributed by atoms with E-state index in [-0.39, 0.29) is 21.5 Å². The molecule has 1 aliphatic heterocycles. The summed E-state index contributed by atoms with van der Waals surface area (Å²) in [7, 11) is 2.98. The van der Waals surface area contributed by atoms with Crippen molar-refractivity contribution in [1.29, 1.82) is 0 Å². The zero-order valence-electron chi connectivity index (χ0n) is 26.0. The van der Waals surface area contributed by atoms with Crippen molar-refractivity contribution in [2.24, 2.45) is 0 Å². The second-order valence-electron chi connectivity index (χ2n) is 9.00. The highest BCUT2D eigenvalue weighted by Crippen LogP contribution is 2.45. The van der Waals surface area contributed by atoms with Gasteiger partial charge in [-0.05, 0) is 26.0 Å². The van der Waals surface area contributed by atoms with Gasteiger partial charge in [0.1, 0.15) is 17.1 Å². The van der Waals surface area contributed by atoms with Gasteiger partial charge in [-0.25, -0.2) is 4.98 Å². The molecule has 3 heterocycles. The van der Waals surface area contributed by atoms with Gasteiger partial charge in [-0.15, -0.1) is 0 Å². The van der Waals surface area contributed by atoms with Gasteiger partial charge in [0.15, 0.2) is 0 Å². The van der Waals surface area contributed by atoms with Crippen molar-refractivity contribution in [3.05, 3.63) is 38.7 Å². The Kier molecular flexibility index (Phi) is 14.3. The lowest BCUT2D eigenvalue weighted by Crippen LogP contribution is -2.48. The topological polar surface area (TPSA) is 102 Å². The van der Waals surface area contributed by atoms with E-state index in [1.54, 1.807) is 29.8 Å². The van der Waals surface area contributed by atoms with E-state index in [2.05, 4.69) is 20.2 Å². The van der Waals surface area contributed by atoms with Gasteiger partial charge in [-0.3, -0.25) is 19.1 Å². The molecule has 0 atom stereocenters. The third kappa shape index (κ3) is 8.05. The summed E-state index contributed by atoms with van der Waals surface area (Å²) >= 11 is 13.3. The Bertz CT molecular complexity index is 1360. The van der Waals surface area contributed by atoms with E-state index in [4.69, 9.17) is 32.7 Å². The van der Waals surface area contributed by atoms with Crippen LogP contribution in [0.25, 0.3) is 22.2 Å². The van der Waals surface area contributed by atoms with E-state index in [9.17, 15) is 9.59 Å². The number of rotatable bonds is 9. The number of hydrogen-bond acceptors (Lipinski definition) is 8. The van der Waals surface area contributed by atoms with Crippen molar-refractivity contribution in [1.82, 2.24) is 24.3 Å². The van der Waals surface area contributed by atoms with Gasteiger partial charge in [0.2, 0.25) is 11.9 Å². The number of aryl methyl sites for hydroxylation is 1. The number of benzene rings is 1. The van der Waals surface area contributed by atoms with Gasteiger partial charge in [-0.2, -0.15) is 4.98 Å². The van der Waals surface area contributed by atoms with Gasteiger partial charge in [0, 0.05) is 69.4 Å². The first-order valence-electron chi connectivity index (χ1n) is 14.5. The molecule has 10 nitrogen and oxygen atoms in total. The molecule has 1 amide bonds. The normalized spacial score (nSPS) is 13.0.